The van der Waals surface area contributed by atoms with E-state index in [1.165, 1.54) is 0 Å². The molecule has 1 aromatic heterocycles. The molecule has 0 fully saturated rings. The van der Waals surface area contributed by atoms with Crippen LogP contribution in [0.5, 0.6) is 0 Å². The molecule has 0 unspecified atom stereocenters. The molecule has 0 saturated heterocycles. The Hall–Kier alpha value is -0.870. The zero-order chi connectivity index (χ0) is 4.41. The van der Waals surface area contributed by atoms with E-state index in [0.29, 0.717) is 0 Å². The highest BCUT2D eigenvalue weighted by Gasteiger charge is 1.69. The van der Waals surface area contributed by atoms with E-state index in [1.807, 2.05) is 17.8 Å². The molecule has 1 rings (SSSR count). The van der Waals surface area contributed by atoms with Crippen LogP contribution in [0.2, 0.25) is 0 Å². The van der Waals surface area contributed by atoms with Crippen LogP contribution in [0.25, 0.3) is 0 Å². The molecule has 1 heterocycles. The first-order valence-corrected chi connectivity index (χ1v) is 1.81. The molecule has 0 radical (unpaired) electrons. The van der Waals surface area contributed by atoms with Crippen LogP contribution in [-0.4, -0.2) is 15.0 Å². The summed E-state index contributed by atoms with van der Waals surface area (Å²) in [6.07, 6.45) is 5.39. The number of hydrogen-bond donors (Lipinski definition) is 1. The van der Waals surface area contributed by atoms with Crippen LogP contribution in [0, 0.1) is 0 Å². The van der Waals surface area contributed by atoms with Crippen molar-refractivity contribution in [2.45, 2.75) is 0 Å². The fourth-order valence-electron chi connectivity index (χ4n) is 0.326. The van der Waals surface area contributed by atoms with Crippen LogP contribution >= 0.6 is 0 Å². The standard InChI is InChI=1S/C4H6N2.H3N.H2O/c1-6-3-2-5-4-6;;/h2-4H,1H3;1H3;1H2. The minimum Gasteiger partial charge on any atom is -0.412 e. The maximum absolute atomic E-state index is 3.78. The topological polar surface area (TPSA) is 84.3 Å². The van der Waals surface area contributed by atoms with Gasteiger partial charge in [-0.2, -0.15) is 0 Å². The van der Waals surface area contributed by atoms with Crippen molar-refractivity contribution in [2.24, 2.45) is 7.05 Å². The first-order chi connectivity index (χ1) is 2.89. The van der Waals surface area contributed by atoms with Gasteiger partial charge in [0.05, 0.1) is 6.33 Å². The molecule has 5 N–H and O–H groups in total. The van der Waals surface area contributed by atoms with Crippen molar-refractivity contribution in [1.29, 1.82) is 0 Å². The molecular formula is C4H11N3O. The van der Waals surface area contributed by atoms with Crippen LogP contribution in [0.1, 0.15) is 0 Å². The summed E-state index contributed by atoms with van der Waals surface area (Å²) in [6.45, 7) is 0. The van der Waals surface area contributed by atoms with Crippen molar-refractivity contribution < 1.29 is 5.48 Å². The molecule has 0 bridgehead atoms. The van der Waals surface area contributed by atoms with E-state index in [1.54, 1.807) is 12.5 Å². The summed E-state index contributed by atoms with van der Waals surface area (Å²) in [5, 5.41) is 0. The maximum Gasteiger partial charge on any atom is 0.0943 e. The minimum absolute atomic E-state index is 0. The zero-order valence-electron chi connectivity index (χ0n) is 4.83. The molecule has 4 heteroatoms. The number of aromatic nitrogens is 2. The molecule has 0 amide bonds. The number of hydrogen-bond acceptors (Lipinski definition) is 2. The summed E-state index contributed by atoms with van der Waals surface area (Å²) in [7, 11) is 1.94. The number of rotatable bonds is 0. The van der Waals surface area contributed by atoms with Gasteiger partial charge in [-0.1, -0.05) is 0 Å². The van der Waals surface area contributed by atoms with E-state index in [2.05, 4.69) is 4.98 Å². The van der Waals surface area contributed by atoms with Gasteiger partial charge in [-0.15, -0.1) is 0 Å². The lowest BCUT2D eigenvalue weighted by molar-refractivity contribution is 0.824. The lowest BCUT2D eigenvalue weighted by atomic mass is 10.9. The molecular weight excluding hydrogens is 106 g/mol. The Morgan fingerprint density at radius 2 is 2.12 bits per heavy atom. The predicted molar refractivity (Wildman–Crippen MR) is 31.8 cm³/mol. The van der Waals surface area contributed by atoms with Crippen molar-refractivity contribution in [1.82, 2.24) is 15.7 Å². The van der Waals surface area contributed by atoms with Crippen LogP contribution in [0.15, 0.2) is 18.7 Å². The molecule has 48 valence electrons. The molecule has 1 aromatic rings. The second-order valence-electron chi connectivity index (χ2n) is 1.23. The van der Waals surface area contributed by atoms with Gasteiger partial charge in [-0.3, -0.25) is 0 Å². The lowest BCUT2D eigenvalue weighted by Crippen LogP contribution is -1.76. The largest absolute Gasteiger partial charge is 0.412 e. The Morgan fingerprint density at radius 1 is 1.50 bits per heavy atom. The van der Waals surface area contributed by atoms with Gasteiger partial charge in [0.25, 0.3) is 0 Å². The third kappa shape index (κ3) is 2.33. The van der Waals surface area contributed by atoms with E-state index < -0.39 is 0 Å². The Balaban J connectivity index is 0. The van der Waals surface area contributed by atoms with Crippen molar-refractivity contribution in [3.63, 3.8) is 0 Å². The second-order valence-corrected chi connectivity index (χ2v) is 1.23. The second kappa shape index (κ2) is 4.29. The average molecular weight is 117 g/mol. The molecule has 8 heavy (non-hydrogen) atoms. The van der Waals surface area contributed by atoms with Crippen molar-refractivity contribution in [3.8, 4) is 0 Å². The van der Waals surface area contributed by atoms with Crippen molar-refractivity contribution in [2.75, 3.05) is 0 Å². The number of imidazole rings is 1. The Bertz CT molecular complexity index is 115. The van der Waals surface area contributed by atoms with Gasteiger partial charge in [0.15, 0.2) is 0 Å². The fraction of sp³-hybridized carbons (Fsp3) is 0.250. The SMILES string of the molecule is Cn1ccnc1.N.O. The van der Waals surface area contributed by atoms with Gasteiger partial charge >= 0.3 is 0 Å². The lowest BCUT2D eigenvalue weighted by Gasteiger charge is -1.76. The highest BCUT2D eigenvalue weighted by molar-refractivity contribution is 4.70. The van der Waals surface area contributed by atoms with Crippen LogP contribution in [0.3, 0.4) is 0 Å². The van der Waals surface area contributed by atoms with E-state index >= 15 is 0 Å². The summed E-state index contributed by atoms with van der Waals surface area (Å²) in [5.41, 5.74) is 0. The van der Waals surface area contributed by atoms with Crippen LogP contribution in [0.4, 0.5) is 0 Å². The van der Waals surface area contributed by atoms with Gasteiger partial charge in [0.2, 0.25) is 0 Å². The van der Waals surface area contributed by atoms with Gasteiger partial charge in [0, 0.05) is 19.4 Å². The van der Waals surface area contributed by atoms with E-state index in [4.69, 9.17) is 0 Å². The monoisotopic (exact) mass is 117 g/mol. The predicted octanol–water partition coefficient (Wildman–Crippen LogP) is -0.243. The van der Waals surface area contributed by atoms with Crippen molar-refractivity contribution >= 4 is 0 Å². The van der Waals surface area contributed by atoms with Gasteiger partial charge < -0.3 is 16.2 Å². The summed E-state index contributed by atoms with van der Waals surface area (Å²) in [4.78, 5) is 3.78. The quantitative estimate of drug-likeness (QED) is 0.508. The summed E-state index contributed by atoms with van der Waals surface area (Å²) >= 11 is 0. The van der Waals surface area contributed by atoms with Crippen LogP contribution < -0.4 is 6.15 Å². The van der Waals surface area contributed by atoms with E-state index in [9.17, 15) is 0 Å². The summed E-state index contributed by atoms with van der Waals surface area (Å²) < 4.78 is 1.89. The first kappa shape index (κ1) is 10.2. The maximum atomic E-state index is 3.78. The average Bonchev–Trinajstić information content (AvgIpc) is 1.86. The molecule has 0 aliphatic carbocycles. The molecule has 0 spiro atoms. The Kier molecular flexibility index (Phi) is 5.46. The van der Waals surface area contributed by atoms with Gasteiger partial charge in [0.1, 0.15) is 0 Å². The van der Waals surface area contributed by atoms with Crippen molar-refractivity contribution in [3.05, 3.63) is 18.7 Å². The fourth-order valence-corrected chi connectivity index (χ4v) is 0.326. The summed E-state index contributed by atoms with van der Waals surface area (Å²) in [5.74, 6) is 0. The van der Waals surface area contributed by atoms with Gasteiger partial charge in [-0.05, 0) is 0 Å². The molecule has 0 aromatic carbocycles. The molecule has 0 aliphatic rings. The third-order valence-electron chi connectivity index (χ3n) is 0.637. The molecule has 0 atom stereocenters. The number of aryl methyl sites for hydroxylation is 1. The zero-order valence-corrected chi connectivity index (χ0v) is 4.83. The van der Waals surface area contributed by atoms with E-state index in [-0.39, 0.29) is 11.6 Å². The Labute approximate surface area is 48.1 Å². The Morgan fingerprint density at radius 3 is 2.25 bits per heavy atom. The molecule has 0 aliphatic heterocycles. The summed E-state index contributed by atoms with van der Waals surface area (Å²) in [6, 6.07) is 0. The highest BCUT2D eigenvalue weighted by Crippen LogP contribution is 1.73. The molecule has 4 nitrogen and oxygen atoms in total. The minimum atomic E-state index is 0. The molecule has 0 saturated carbocycles. The smallest absolute Gasteiger partial charge is 0.0943 e. The third-order valence-corrected chi connectivity index (χ3v) is 0.637. The van der Waals surface area contributed by atoms with E-state index in [0.717, 1.165) is 0 Å². The van der Waals surface area contributed by atoms with Gasteiger partial charge in [-0.25, -0.2) is 4.98 Å². The van der Waals surface area contributed by atoms with Crippen LogP contribution in [-0.2, 0) is 7.05 Å². The highest BCUT2D eigenvalue weighted by atomic mass is 16.0. The first-order valence-electron chi connectivity index (χ1n) is 1.81. The normalized spacial score (nSPS) is 6.62. The number of nitrogens with zero attached hydrogens (tertiary/aromatic N) is 2.